The number of hydrogen-bond donors (Lipinski definition) is 2. The molecule has 1 aliphatic carbocycles. The highest BCUT2D eigenvalue weighted by Gasteiger charge is 2.18. The lowest BCUT2D eigenvalue weighted by Crippen LogP contribution is -2.10. The summed E-state index contributed by atoms with van der Waals surface area (Å²) in [5.74, 6) is 0.998. The number of carbonyl (C=O) groups is 1. The Kier molecular flexibility index (Phi) is 6.90. The SMILES string of the molecule is CCOc1cc(-c2cc(NCCc3cc4c(cc3OC)CCCC4)ncn2)sc1C(=O)O. The van der Waals surface area contributed by atoms with Crippen molar-refractivity contribution in [3.05, 3.63) is 52.2 Å². The summed E-state index contributed by atoms with van der Waals surface area (Å²) in [5, 5.41) is 12.8. The normalized spacial score (nSPS) is 12.8. The molecule has 2 N–H and O–H groups in total. The van der Waals surface area contributed by atoms with Gasteiger partial charge < -0.3 is 19.9 Å². The fourth-order valence-electron chi connectivity index (χ4n) is 4.03. The number of methoxy groups -OCH3 is 1. The molecule has 0 amide bonds. The number of hydrogen-bond acceptors (Lipinski definition) is 7. The number of carboxylic acids is 1. The zero-order valence-corrected chi connectivity index (χ0v) is 19.1. The molecule has 0 aliphatic heterocycles. The minimum absolute atomic E-state index is 0.175. The van der Waals surface area contributed by atoms with Crippen molar-refractivity contribution >= 4 is 23.1 Å². The average Bonchev–Trinajstić information content (AvgIpc) is 3.23. The number of ether oxygens (including phenoxy) is 2. The molecule has 3 aromatic rings. The molecule has 32 heavy (non-hydrogen) atoms. The van der Waals surface area contributed by atoms with Crippen LogP contribution in [0.15, 0.2) is 30.6 Å². The van der Waals surface area contributed by atoms with Crippen LogP contribution in [0.2, 0.25) is 0 Å². The van der Waals surface area contributed by atoms with E-state index in [1.54, 1.807) is 13.2 Å². The van der Waals surface area contributed by atoms with E-state index in [4.69, 9.17) is 9.47 Å². The fourth-order valence-corrected chi connectivity index (χ4v) is 4.93. The first kappa shape index (κ1) is 22.1. The van der Waals surface area contributed by atoms with Crippen molar-refractivity contribution in [2.45, 2.75) is 39.0 Å². The van der Waals surface area contributed by atoms with E-state index in [9.17, 15) is 9.90 Å². The number of aromatic carboxylic acids is 1. The monoisotopic (exact) mass is 453 g/mol. The minimum atomic E-state index is -1.00. The molecular weight excluding hydrogens is 426 g/mol. The third kappa shape index (κ3) is 4.85. The predicted octanol–water partition coefficient (Wildman–Crippen LogP) is 4.84. The topological polar surface area (TPSA) is 93.6 Å². The van der Waals surface area contributed by atoms with E-state index in [-0.39, 0.29) is 4.88 Å². The third-order valence-electron chi connectivity index (χ3n) is 5.56. The molecule has 0 radical (unpaired) electrons. The molecule has 4 rings (SSSR count). The smallest absolute Gasteiger partial charge is 0.349 e. The van der Waals surface area contributed by atoms with E-state index in [1.807, 2.05) is 13.0 Å². The minimum Gasteiger partial charge on any atom is -0.496 e. The van der Waals surface area contributed by atoms with E-state index in [2.05, 4.69) is 27.4 Å². The number of nitrogens with one attached hydrogen (secondary N) is 1. The lowest BCUT2D eigenvalue weighted by atomic mass is 9.89. The molecule has 8 heteroatoms. The van der Waals surface area contributed by atoms with Crippen molar-refractivity contribution < 1.29 is 19.4 Å². The number of thiophene rings is 1. The van der Waals surface area contributed by atoms with Crippen LogP contribution in [0.1, 0.15) is 46.1 Å². The molecule has 1 aromatic carbocycles. The number of aryl methyl sites for hydroxylation is 2. The van der Waals surface area contributed by atoms with E-state index >= 15 is 0 Å². The van der Waals surface area contributed by atoms with E-state index in [0.717, 1.165) is 41.2 Å². The molecule has 0 atom stereocenters. The molecule has 0 saturated heterocycles. The van der Waals surface area contributed by atoms with Crippen molar-refractivity contribution in [3.8, 4) is 22.1 Å². The second-order valence-electron chi connectivity index (χ2n) is 7.65. The Morgan fingerprint density at radius 2 is 1.91 bits per heavy atom. The van der Waals surface area contributed by atoms with Crippen LogP contribution in [-0.2, 0) is 19.3 Å². The molecule has 168 valence electrons. The van der Waals surface area contributed by atoms with Crippen LogP contribution in [0.3, 0.4) is 0 Å². The van der Waals surface area contributed by atoms with Gasteiger partial charge in [0.15, 0.2) is 4.88 Å². The largest absolute Gasteiger partial charge is 0.496 e. The maximum atomic E-state index is 11.5. The van der Waals surface area contributed by atoms with Gasteiger partial charge in [0.1, 0.15) is 23.6 Å². The molecule has 7 nitrogen and oxygen atoms in total. The van der Waals surface area contributed by atoms with Crippen LogP contribution in [0.25, 0.3) is 10.6 Å². The van der Waals surface area contributed by atoms with Crippen LogP contribution in [0.4, 0.5) is 5.82 Å². The number of rotatable bonds is 9. The van der Waals surface area contributed by atoms with Gasteiger partial charge in [0.25, 0.3) is 0 Å². The Morgan fingerprint density at radius 1 is 1.12 bits per heavy atom. The zero-order valence-electron chi connectivity index (χ0n) is 18.3. The first-order valence-corrected chi connectivity index (χ1v) is 11.7. The summed E-state index contributed by atoms with van der Waals surface area (Å²) in [7, 11) is 1.72. The highest BCUT2D eigenvalue weighted by atomic mass is 32.1. The number of anilines is 1. The first-order valence-electron chi connectivity index (χ1n) is 10.8. The van der Waals surface area contributed by atoms with Gasteiger partial charge in [-0.1, -0.05) is 6.07 Å². The second kappa shape index (κ2) is 9.99. The van der Waals surface area contributed by atoms with E-state index < -0.39 is 5.97 Å². The number of fused-ring (bicyclic) bond motifs is 1. The summed E-state index contributed by atoms with van der Waals surface area (Å²) in [6.45, 7) is 2.92. The van der Waals surface area contributed by atoms with Gasteiger partial charge in [0, 0.05) is 18.7 Å². The Labute approximate surface area is 191 Å². The molecule has 0 saturated carbocycles. The van der Waals surface area contributed by atoms with Gasteiger partial charge in [-0.15, -0.1) is 11.3 Å². The molecule has 0 unspecified atom stereocenters. The molecule has 0 bridgehead atoms. The lowest BCUT2D eigenvalue weighted by molar-refractivity contribution is 0.0698. The standard InChI is InChI=1S/C24H27N3O4S/c1-3-31-20-13-21(32-23(20)24(28)29)18-12-22(27-14-26-18)25-9-8-17-10-15-6-4-5-7-16(15)11-19(17)30-2/h10-14H,3-9H2,1-2H3,(H,28,29)(H,25,26,27). The summed E-state index contributed by atoms with van der Waals surface area (Å²) < 4.78 is 11.1. The summed E-state index contributed by atoms with van der Waals surface area (Å²) in [4.78, 5) is 21.0. The third-order valence-corrected chi connectivity index (χ3v) is 6.68. The maximum Gasteiger partial charge on any atom is 0.349 e. The number of carboxylic acid groups (broad SMARTS) is 1. The quantitative estimate of drug-likeness (QED) is 0.479. The Bertz CT molecular complexity index is 1110. The van der Waals surface area contributed by atoms with Crippen LogP contribution in [0, 0.1) is 0 Å². The highest BCUT2D eigenvalue weighted by molar-refractivity contribution is 7.17. The van der Waals surface area contributed by atoms with Gasteiger partial charge in [-0.2, -0.15) is 0 Å². The Balaban J connectivity index is 1.46. The van der Waals surface area contributed by atoms with Crippen LogP contribution < -0.4 is 14.8 Å². The lowest BCUT2D eigenvalue weighted by Gasteiger charge is -2.19. The maximum absolute atomic E-state index is 11.5. The Hall–Kier alpha value is -3.13. The van der Waals surface area contributed by atoms with E-state index in [0.29, 0.717) is 30.4 Å². The van der Waals surface area contributed by atoms with Gasteiger partial charge in [-0.05, 0) is 61.8 Å². The summed E-state index contributed by atoms with van der Waals surface area (Å²) in [5.41, 5.74) is 4.70. The molecule has 0 spiro atoms. The van der Waals surface area contributed by atoms with Gasteiger partial charge in [0.05, 0.1) is 24.3 Å². The summed E-state index contributed by atoms with van der Waals surface area (Å²) in [6.07, 6.45) is 7.06. The predicted molar refractivity (Wildman–Crippen MR) is 125 cm³/mol. The van der Waals surface area contributed by atoms with Crippen molar-refractivity contribution in [1.82, 2.24) is 9.97 Å². The average molecular weight is 454 g/mol. The highest BCUT2D eigenvalue weighted by Crippen LogP contribution is 2.36. The second-order valence-corrected chi connectivity index (χ2v) is 8.70. The molecule has 0 fully saturated rings. The molecule has 2 heterocycles. The Morgan fingerprint density at radius 3 is 2.62 bits per heavy atom. The van der Waals surface area contributed by atoms with Crippen molar-refractivity contribution in [2.75, 3.05) is 25.6 Å². The number of aromatic nitrogens is 2. The number of benzene rings is 1. The summed E-state index contributed by atoms with van der Waals surface area (Å²) >= 11 is 1.15. The van der Waals surface area contributed by atoms with Crippen molar-refractivity contribution in [2.24, 2.45) is 0 Å². The first-order chi connectivity index (χ1) is 15.6. The van der Waals surface area contributed by atoms with Gasteiger partial charge in [-0.25, -0.2) is 14.8 Å². The van der Waals surface area contributed by atoms with Crippen LogP contribution in [0.5, 0.6) is 11.5 Å². The summed E-state index contributed by atoms with van der Waals surface area (Å²) in [6, 6.07) is 8.03. The molecule has 1 aliphatic rings. The molecule has 2 aromatic heterocycles. The van der Waals surface area contributed by atoms with Gasteiger partial charge in [0.2, 0.25) is 0 Å². The van der Waals surface area contributed by atoms with Crippen LogP contribution in [-0.4, -0.2) is 41.3 Å². The fraction of sp³-hybridized carbons (Fsp3) is 0.375. The number of nitrogens with zero attached hydrogens (tertiary/aromatic N) is 2. The van der Waals surface area contributed by atoms with Crippen molar-refractivity contribution in [3.63, 3.8) is 0 Å². The van der Waals surface area contributed by atoms with Crippen LogP contribution >= 0.6 is 11.3 Å². The molecular formula is C24H27N3O4S. The van der Waals surface area contributed by atoms with Gasteiger partial charge >= 0.3 is 5.97 Å². The van der Waals surface area contributed by atoms with Gasteiger partial charge in [-0.3, -0.25) is 0 Å². The van der Waals surface area contributed by atoms with E-state index in [1.165, 1.54) is 35.9 Å². The zero-order chi connectivity index (χ0) is 22.5. The van der Waals surface area contributed by atoms with Crippen molar-refractivity contribution in [1.29, 1.82) is 0 Å².